The molecule has 0 spiro atoms. The summed E-state index contributed by atoms with van der Waals surface area (Å²) in [5, 5.41) is 2.89. The topological polar surface area (TPSA) is 88.2 Å². The van der Waals surface area contributed by atoms with Gasteiger partial charge < -0.3 is 14.8 Å². The standard InChI is InChI=1S/C18H25N3O5S/c1-20(2)27(23,24)21-9-7-15(8-10-21)12-19-18(22)6-4-14-3-5-16-17(11-14)26-13-25-16/h3-6,11,15H,7-10,12-13H2,1-2H3,(H,19,22)/b6-4+. The number of benzene rings is 1. The summed E-state index contributed by atoms with van der Waals surface area (Å²) in [5.41, 5.74) is 0.858. The summed E-state index contributed by atoms with van der Waals surface area (Å²) >= 11 is 0. The van der Waals surface area contributed by atoms with Crippen LogP contribution < -0.4 is 14.8 Å². The fourth-order valence-electron chi connectivity index (χ4n) is 3.07. The van der Waals surface area contributed by atoms with E-state index in [9.17, 15) is 13.2 Å². The van der Waals surface area contributed by atoms with E-state index >= 15 is 0 Å². The van der Waals surface area contributed by atoms with Gasteiger partial charge in [-0.3, -0.25) is 4.79 Å². The summed E-state index contributed by atoms with van der Waals surface area (Å²) in [6, 6.07) is 5.50. The maximum atomic E-state index is 12.1. The van der Waals surface area contributed by atoms with Gasteiger partial charge in [-0.05, 0) is 42.5 Å². The second-order valence-electron chi connectivity index (χ2n) is 6.82. The van der Waals surface area contributed by atoms with Gasteiger partial charge in [0, 0.05) is 39.8 Å². The third kappa shape index (κ3) is 4.79. The Bertz CT molecular complexity index is 814. The highest BCUT2D eigenvalue weighted by molar-refractivity contribution is 7.86. The molecule has 1 amide bonds. The Balaban J connectivity index is 1.44. The number of rotatable bonds is 6. The summed E-state index contributed by atoms with van der Waals surface area (Å²) in [6.07, 6.45) is 4.69. The number of hydrogen-bond donors (Lipinski definition) is 1. The Hall–Kier alpha value is -2.10. The molecule has 0 unspecified atom stereocenters. The summed E-state index contributed by atoms with van der Waals surface area (Å²) < 4.78 is 37.5. The van der Waals surface area contributed by atoms with Crippen LogP contribution in [0.2, 0.25) is 0 Å². The average molecular weight is 395 g/mol. The molecule has 1 N–H and O–H groups in total. The molecule has 8 nitrogen and oxygen atoms in total. The lowest BCUT2D eigenvalue weighted by atomic mass is 9.98. The Morgan fingerprint density at radius 3 is 2.67 bits per heavy atom. The summed E-state index contributed by atoms with van der Waals surface area (Å²) in [7, 11) is -0.278. The maximum absolute atomic E-state index is 12.1. The Labute approximate surface area is 159 Å². The van der Waals surface area contributed by atoms with Crippen LogP contribution in [0.5, 0.6) is 11.5 Å². The highest BCUT2D eigenvalue weighted by Gasteiger charge is 2.29. The Morgan fingerprint density at radius 1 is 1.26 bits per heavy atom. The normalized spacial score (nSPS) is 18.3. The minimum atomic E-state index is -3.35. The number of piperidine rings is 1. The monoisotopic (exact) mass is 395 g/mol. The molecule has 9 heteroatoms. The van der Waals surface area contributed by atoms with E-state index in [2.05, 4.69) is 5.32 Å². The van der Waals surface area contributed by atoms with Crippen LogP contribution in [0, 0.1) is 5.92 Å². The van der Waals surface area contributed by atoms with Crippen LogP contribution in [0.15, 0.2) is 24.3 Å². The van der Waals surface area contributed by atoms with Crippen molar-refractivity contribution in [2.75, 3.05) is 40.5 Å². The predicted molar refractivity (Wildman–Crippen MR) is 102 cm³/mol. The third-order valence-corrected chi connectivity index (χ3v) is 6.69. The lowest BCUT2D eigenvalue weighted by Crippen LogP contribution is -2.45. The van der Waals surface area contributed by atoms with E-state index in [0.29, 0.717) is 31.1 Å². The lowest BCUT2D eigenvalue weighted by Gasteiger charge is -2.32. The molecule has 1 aromatic carbocycles. The molecule has 27 heavy (non-hydrogen) atoms. The minimum Gasteiger partial charge on any atom is -0.454 e. The van der Waals surface area contributed by atoms with Gasteiger partial charge in [0.15, 0.2) is 11.5 Å². The first-order valence-corrected chi connectivity index (χ1v) is 10.3. The van der Waals surface area contributed by atoms with Crippen molar-refractivity contribution in [3.63, 3.8) is 0 Å². The fraction of sp³-hybridized carbons (Fsp3) is 0.500. The second kappa shape index (κ2) is 8.28. The highest BCUT2D eigenvalue weighted by atomic mass is 32.2. The van der Waals surface area contributed by atoms with Gasteiger partial charge in [-0.15, -0.1) is 0 Å². The van der Waals surface area contributed by atoms with Crippen molar-refractivity contribution >= 4 is 22.2 Å². The Morgan fingerprint density at radius 2 is 1.96 bits per heavy atom. The van der Waals surface area contributed by atoms with Gasteiger partial charge in [-0.25, -0.2) is 0 Å². The van der Waals surface area contributed by atoms with Crippen molar-refractivity contribution in [3.05, 3.63) is 29.8 Å². The van der Waals surface area contributed by atoms with E-state index in [1.54, 1.807) is 6.08 Å². The van der Waals surface area contributed by atoms with E-state index in [0.717, 1.165) is 18.4 Å². The van der Waals surface area contributed by atoms with Crippen LogP contribution in [0.25, 0.3) is 6.08 Å². The van der Waals surface area contributed by atoms with Gasteiger partial charge in [-0.2, -0.15) is 17.0 Å². The second-order valence-corrected chi connectivity index (χ2v) is 8.97. The number of nitrogens with zero attached hydrogens (tertiary/aromatic N) is 2. The number of amides is 1. The quantitative estimate of drug-likeness (QED) is 0.728. The van der Waals surface area contributed by atoms with E-state index in [1.165, 1.54) is 28.8 Å². The molecule has 2 aliphatic rings. The van der Waals surface area contributed by atoms with Gasteiger partial charge in [0.2, 0.25) is 12.7 Å². The van der Waals surface area contributed by atoms with Gasteiger partial charge in [0.05, 0.1) is 0 Å². The molecule has 1 aromatic rings. The van der Waals surface area contributed by atoms with Crippen LogP contribution in [-0.4, -0.2) is 63.5 Å². The number of carbonyl (C=O) groups is 1. The van der Waals surface area contributed by atoms with Crippen molar-refractivity contribution in [3.8, 4) is 11.5 Å². The van der Waals surface area contributed by atoms with Gasteiger partial charge in [0.25, 0.3) is 10.2 Å². The SMILES string of the molecule is CN(C)S(=O)(=O)N1CCC(CNC(=O)/C=C/c2ccc3c(c2)OCO3)CC1. The highest BCUT2D eigenvalue weighted by Crippen LogP contribution is 2.32. The lowest BCUT2D eigenvalue weighted by molar-refractivity contribution is -0.116. The van der Waals surface area contributed by atoms with Gasteiger partial charge in [-0.1, -0.05) is 6.07 Å². The molecule has 2 heterocycles. The molecular formula is C18H25N3O5S. The van der Waals surface area contributed by atoms with Crippen molar-refractivity contribution in [2.24, 2.45) is 5.92 Å². The maximum Gasteiger partial charge on any atom is 0.281 e. The molecule has 0 saturated carbocycles. The first kappa shape index (κ1) is 19.7. The molecule has 0 aliphatic carbocycles. The fourth-order valence-corrected chi connectivity index (χ4v) is 4.20. The van der Waals surface area contributed by atoms with E-state index in [1.807, 2.05) is 18.2 Å². The molecule has 0 bridgehead atoms. The molecule has 148 valence electrons. The molecule has 1 fully saturated rings. The zero-order valence-corrected chi connectivity index (χ0v) is 16.4. The van der Waals surface area contributed by atoms with E-state index < -0.39 is 10.2 Å². The van der Waals surface area contributed by atoms with E-state index in [-0.39, 0.29) is 18.6 Å². The molecule has 1 saturated heterocycles. The van der Waals surface area contributed by atoms with Crippen molar-refractivity contribution in [1.29, 1.82) is 0 Å². The zero-order valence-electron chi connectivity index (χ0n) is 15.6. The number of carbonyl (C=O) groups excluding carboxylic acids is 1. The van der Waals surface area contributed by atoms with Crippen LogP contribution in [0.1, 0.15) is 18.4 Å². The third-order valence-electron chi connectivity index (χ3n) is 4.75. The van der Waals surface area contributed by atoms with Crippen molar-refractivity contribution < 1.29 is 22.7 Å². The number of ether oxygens (including phenoxy) is 2. The summed E-state index contributed by atoms with van der Waals surface area (Å²) in [4.78, 5) is 12.0. The molecule has 3 rings (SSSR count). The van der Waals surface area contributed by atoms with Crippen molar-refractivity contribution in [2.45, 2.75) is 12.8 Å². The molecule has 2 aliphatic heterocycles. The minimum absolute atomic E-state index is 0.170. The average Bonchev–Trinajstić information content (AvgIpc) is 3.12. The van der Waals surface area contributed by atoms with Crippen LogP contribution in [0.4, 0.5) is 0 Å². The van der Waals surface area contributed by atoms with Crippen molar-refractivity contribution in [1.82, 2.24) is 13.9 Å². The van der Waals surface area contributed by atoms with Gasteiger partial charge >= 0.3 is 0 Å². The van der Waals surface area contributed by atoms with Gasteiger partial charge in [0.1, 0.15) is 0 Å². The number of hydrogen-bond acceptors (Lipinski definition) is 5. The molecule has 0 aromatic heterocycles. The number of fused-ring (bicyclic) bond motifs is 1. The smallest absolute Gasteiger partial charge is 0.281 e. The first-order chi connectivity index (χ1) is 12.9. The van der Waals surface area contributed by atoms with Crippen LogP contribution in [-0.2, 0) is 15.0 Å². The summed E-state index contributed by atoms with van der Waals surface area (Å²) in [6.45, 7) is 1.72. The zero-order chi connectivity index (χ0) is 19.4. The molecular weight excluding hydrogens is 370 g/mol. The molecule has 0 atom stereocenters. The summed E-state index contributed by atoms with van der Waals surface area (Å²) in [5.74, 6) is 1.49. The predicted octanol–water partition coefficient (Wildman–Crippen LogP) is 1.06. The first-order valence-electron chi connectivity index (χ1n) is 8.89. The molecule has 0 radical (unpaired) electrons. The van der Waals surface area contributed by atoms with E-state index in [4.69, 9.17) is 9.47 Å². The number of nitrogens with one attached hydrogen (secondary N) is 1. The van der Waals surface area contributed by atoms with Crippen LogP contribution >= 0.6 is 0 Å². The van der Waals surface area contributed by atoms with Crippen LogP contribution in [0.3, 0.4) is 0 Å². The Kier molecular flexibility index (Phi) is 6.03. The largest absolute Gasteiger partial charge is 0.454 e.